The summed E-state index contributed by atoms with van der Waals surface area (Å²) < 4.78 is 31.7. The van der Waals surface area contributed by atoms with E-state index in [1.54, 1.807) is 24.3 Å². The van der Waals surface area contributed by atoms with Gasteiger partial charge in [-0.25, -0.2) is 13.1 Å². The number of benzene rings is 2. The van der Waals surface area contributed by atoms with Crippen LogP contribution >= 0.6 is 0 Å². The molecule has 0 unspecified atom stereocenters. The second kappa shape index (κ2) is 7.10. The smallest absolute Gasteiger partial charge is 0.242 e. The van der Waals surface area contributed by atoms with E-state index in [-0.39, 0.29) is 4.90 Å². The molecule has 0 atom stereocenters. The molecule has 0 fully saturated rings. The summed E-state index contributed by atoms with van der Waals surface area (Å²) >= 11 is 0. The van der Waals surface area contributed by atoms with Crippen LogP contribution in [0.3, 0.4) is 0 Å². The van der Waals surface area contributed by atoms with Crippen LogP contribution in [-0.2, 0) is 10.0 Å². The van der Waals surface area contributed by atoms with E-state index < -0.39 is 10.0 Å². The summed E-state index contributed by atoms with van der Waals surface area (Å²) in [6, 6.07) is 16.2. The Labute approximate surface area is 125 Å². The first kappa shape index (κ1) is 15.3. The minimum absolute atomic E-state index is 0.229. The Morgan fingerprint density at radius 1 is 1.00 bits per heavy atom. The lowest BCUT2D eigenvalue weighted by Crippen LogP contribution is -2.21. The Morgan fingerprint density at radius 3 is 2.38 bits per heavy atom. The SMILES string of the molecule is CNS(=O)(=O)c1ccccc1NCCOc1ccccc1. The number of sulfonamides is 1. The van der Waals surface area contributed by atoms with Crippen molar-refractivity contribution in [1.29, 1.82) is 0 Å². The Hall–Kier alpha value is -2.05. The predicted octanol–water partition coefficient (Wildman–Crippen LogP) is 2.09. The zero-order chi connectivity index (χ0) is 15.1. The highest BCUT2D eigenvalue weighted by molar-refractivity contribution is 7.89. The van der Waals surface area contributed by atoms with Crippen molar-refractivity contribution < 1.29 is 13.2 Å². The molecule has 0 heterocycles. The van der Waals surface area contributed by atoms with Crippen LogP contribution < -0.4 is 14.8 Å². The van der Waals surface area contributed by atoms with E-state index in [0.717, 1.165) is 5.75 Å². The van der Waals surface area contributed by atoms with E-state index in [2.05, 4.69) is 10.0 Å². The molecule has 2 aromatic carbocycles. The largest absolute Gasteiger partial charge is 0.492 e. The second-order valence-electron chi connectivity index (χ2n) is 4.29. The van der Waals surface area contributed by atoms with Gasteiger partial charge in [-0.1, -0.05) is 30.3 Å². The number of ether oxygens (including phenoxy) is 1. The van der Waals surface area contributed by atoms with Crippen LogP contribution in [0.25, 0.3) is 0 Å². The molecule has 5 nitrogen and oxygen atoms in total. The van der Waals surface area contributed by atoms with Crippen molar-refractivity contribution in [2.24, 2.45) is 0 Å². The van der Waals surface area contributed by atoms with Gasteiger partial charge >= 0.3 is 0 Å². The molecule has 0 aliphatic heterocycles. The van der Waals surface area contributed by atoms with E-state index in [1.165, 1.54) is 7.05 Å². The van der Waals surface area contributed by atoms with Crippen molar-refractivity contribution in [2.45, 2.75) is 4.90 Å². The molecule has 2 N–H and O–H groups in total. The summed E-state index contributed by atoms with van der Waals surface area (Å²) in [7, 11) is -2.08. The Bertz CT molecular complexity index is 672. The molecule has 0 aliphatic rings. The highest BCUT2D eigenvalue weighted by Gasteiger charge is 2.15. The summed E-state index contributed by atoms with van der Waals surface area (Å²) in [5.74, 6) is 0.787. The van der Waals surface area contributed by atoms with E-state index in [9.17, 15) is 8.42 Å². The highest BCUT2D eigenvalue weighted by atomic mass is 32.2. The van der Waals surface area contributed by atoms with Crippen LogP contribution in [0.2, 0.25) is 0 Å². The fourth-order valence-electron chi connectivity index (χ4n) is 1.83. The van der Waals surface area contributed by atoms with Crippen molar-refractivity contribution >= 4 is 15.7 Å². The summed E-state index contributed by atoms with van der Waals surface area (Å²) in [5, 5.41) is 3.08. The van der Waals surface area contributed by atoms with Crippen molar-refractivity contribution in [1.82, 2.24) is 4.72 Å². The van der Waals surface area contributed by atoms with Crippen LogP contribution in [0.15, 0.2) is 59.5 Å². The van der Waals surface area contributed by atoms with Gasteiger partial charge in [-0.15, -0.1) is 0 Å². The molecule has 112 valence electrons. The molecule has 0 radical (unpaired) electrons. The maximum Gasteiger partial charge on any atom is 0.242 e. The van der Waals surface area contributed by atoms with Gasteiger partial charge in [0.15, 0.2) is 0 Å². The highest BCUT2D eigenvalue weighted by Crippen LogP contribution is 2.20. The van der Waals surface area contributed by atoms with Crippen molar-refractivity contribution in [3.05, 3.63) is 54.6 Å². The van der Waals surface area contributed by atoms with E-state index in [0.29, 0.717) is 18.8 Å². The molecular formula is C15H18N2O3S. The fraction of sp³-hybridized carbons (Fsp3) is 0.200. The second-order valence-corrected chi connectivity index (χ2v) is 6.15. The maximum atomic E-state index is 11.9. The first-order valence-corrected chi connectivity index (χ1v) is 8.06. The van der Waals surface area contributed by atoms with Crippen molar-refractivity contribution in [2.75, 3.05) is 25.5 Å². The summed E-state index contributed by atoms with van der Waals surface area (Å²) in [5.41, 5.74) is 0.559. The van der Waals surface area contributed by atoms with Gasteiger partial charge in [0.2, 0.25) is 10.0 Å². The first-order valence-electron chi connectivity index (χ1n) is 6.58. The fourth-order valence-corrected chi connectivity index (χ4v) is 2.74. The van der Waals surface area contributed by atoms with Crippen molar-refractivity contribution in [3.63, 3.8) is 0 Å². The molecule has 21 heavy (non-hydrogen) atoms. The lowest BCUT2D eigenvalue weighted by atomic mass is 10.3. The molecular weight excluding hydrogens is 288 g/mol. The number of anilines is 1. The van der Waals surface area contributed by atoms with E-state index in [4.69, 9.17) is 4.74 Å². The third-order valence-electron chi connectivity index (χ3n) is 2.87. The summed E-state index contributed by atoms with van der Waals surface area (Å²) in [6.07, 6.45) is 0. The molecule has 0 saturated carbocycles. The summed E-state index contributed by atoms with van der Waals surface area (Å²) in [4.78, 5) is 0.229. The Morgan fingerprint density at radius 2 is 1.67 bits per heavy atom. The third-order valence-corrected chi connectivity index (χ3v) is 4.35. The average Bonchev–Trinajstić information content (AvgIpc) is 2.53. The zero-order valence-electron chi connectivity index (χ0n) is 11.7. The molecule has 0 amide bonds. The number of hydrogen-bond acceptors (Lipinski definition) is 4. The normalized spacial score (nSPS) is 11.1. The Kier molecular flexibility index (Phi) is 5.19. The Balaban J connectivity index is 1.95. The van der Waals surface area contributed by atoms with Gasteiger partial charge in [-0.3, -0.25) is 0 Å². The van der Waals surface area contributed by atoms with Gasteiger partial charge in [-0.05, 0) is 31.3 Å². The predicted molar refractivity (Wildman–Crippen MR) is 83.1 cm³/mol. The molecule has 0 spiro atoms. The third kappa shape index (κ3) is 4.21. The van der Waals surface area contributed by atoms with Crippen LogP contribution in [0, 0.1) is 0 Å². The van der Waals surface area contributed by atoms with E-state index >= 15 is 0 Å². The van der Waals surface area contributed by atoms with Crippen LogP contribution in [0.4, 0.5) is 5.69 Å². The number of rotatable bonds is 7. The maximum absolute atomic E-state index is 11.9. The number of hydrogen-bond donors (Lipinski definition) is 2. The molecule has 0 bridgehead atoms. The lowest BCUT2D eigenvalue weighted by molar-refractivity contribution is 0.333. The molecule has 6 heteroatoms. The topological polar surface area (TPSA) is 67.4 Å². The zero-order valence-corrected chi connectivity index (χ0v) is 12.6. The number of para-hydroxylation sites is 2. The molecule has 0 aromatic heterocycles. The van der Waals surface area contributed by atoms with Gasteiger partial charge in [0, 0.05) is 6.54 Å². The van der Waals surface area contributed by atoms with Gasteiger partial charge in [0.25, 0.3) is 0 Å². The monoisotopic (exact) mass is 306 g/mol. The molecule has 0 aliphatic carbocycles. The molecule has 0 saturated heterocycles. The van der Waals surface area contributed by atoms with E-state index in [1.807, 2.05) is 30.3 Å². The van der Waals surface area contributed by atoms with Crippen LogP contribution in [0.5, 0.6) is 5.75 Å². The van der Waals surface area contributed by atoms with Gasteiger partial charge in [-0.2, -0.15) is 0 Å². The van der Waals surface area contributed by atoms with Gasteiger partial charge < -0.3 is 10.1 Å². The van der Waals surface area contributed by atoms with Gasteiger partial charge in [0.05, 0.1) is 5.69 Å². The molecule has 2 aromatic rings. The number of nitrogens with one attached hydrogen (secondary N) is 2. The molecule has 2 rings (SSSR count). The summed E-state index contributed by atoms with van der Waals surface area (Å²) in [6.45, 7) is 0.948. The quantitative estimate of drug-likeness (QED) is 0.769. The standard InChI is InChI=1S/C15H18N2O3S/c1-16-21(18,19)15-10-6-5-9-14(15)17-11-12-20-13-7-3-2-4-8-13/h2-10,16-17H,11-12H2,1H3. The minimum Gasteiger partial charge on any atom is -0.492 e. The minimum atomic E-state index is -3.47. The van der Waals surface area contributed by atoms with Crippen LogP contribution in [0.1, 0.15) is 0 Å². The lowest BCUT2D eigenvalue weighted by Gasteiger charge is -2.12. The van der Waals surface area contributed by atoms with Crippen molar-refractivity contribution in [3.8, 4) is 5.75 Å². The first-order chi connectivity index (χ1) is 10.1. The van der Waals surface area contributed by atoms with Crippen LogP contribution in [-0.4, -0.2) is 28.6 Å². The average molecular weight is 306 g/mol. The van der Waals surface area contributed by atoms with Gasteiger partial charge in [0.1, 0.15) is 17.3 Å².